The third kappa shape index (κ3) is 3.77. The molecular weight excluding hydrogens is 452 g/mol. The number of anilines is 1. The first-order chi connectivity index (χ1) is 16.5. The summed E-state index contributed by atoms with van der Waals surface area (Å²) in [7, 11) is 1.75. The highest BCUT2D eigenvalue weighted by Crippen LogP contribution is 2.35. The van der Waals surface area contributed by atoms with E-state index in [1.165, 1.54) is 12.4 Å². The summed E-state index contributed by atoms with van der Waals surface area (Å²) in [5, 5.41) is 25.0. The monoisotopic (exact) mass is 472 g/mol. The second kappa shape index (κ2) is 8.64. The molecule has 0 spiro atoms. The van der Waals surface area contributed by atoms with Gasteiger partial charge in [-0.25, -0.2) is 0 Å². The van der Waals surface area contributed by atoms with E-state index in [0.29, 0.717) is 15.7 Å². The smallest absolute Gasteiger partial charge is 0.284 e. The average molecular weight is 473 g/mol. The number of fused-ring (bicyclic) bond motifs is 3. The van der Waals surface area contributed by atoms with Crippen molar-refractivity contribution in [3.63, 3.8) is 0 Å². The van der Waals surface area contributed by atoms with Gasteiger partial charge in [0.1, 0.15) is 6.33 Å². The molecule has 0 saturated carbocycles. The maximum absolute atomic E-state index is 13.0. The van der Waals surface area contributed by atoms with Crippen LogP contribution in [0.5, 0.6) is 0 Å². The van der Waals surface area contributed by atoms with Crippen molar-refractivity contribution in [2.75, 3.05) is 5.32 Å². The zero-order valence-electron chi connectivity index (χ0n) is 18.4. The molecule has 3 aromatic carbocycles. The Balaban J connectivity index is 1.46. The number of nitro groups is 1. The number of para-hydroxylation sites is 1. The fourth-order valence-electron chi connectivity index (χ4n) is 4.03. The summed E-state index contributed by atoms with van der Waals surface area (Å²) in [6, 6.07) is 18.3. The van der Waals surface area contributed by atoms with Crippen LogP contribution < -0.4 is 5.32 Å². The van der Waals surface area contributed by atoms with E-state index < -0.39 is 10.8 Å². The first-order valence-corrected chi connectivity index (χ1v) is 11.4. The molecule has 0 atom stereocenters. The summed E-state index contributed by atoms with van der Waals surface area (Å²) >= 11 is 1.12. The van der Waals surface area contributed by atoms with Gasteiger partial charge in [-0.1, -0.05) is 18.2 Å². The number of aromatic nitrogens is 4. The van der Waals surface area contributed by atoms with Crippen LogP contribution in [-0.4, -0.2) is 30.2 Å². The molecule has 0 unspecified atom stereocenters. The molecule has 34 heavy (non-hydrogen) atoms. The molecule has 1 N–H and O–H groups in total. The number of hydrogen-bond donors (Lipinski definition) is 1. The van der Waals surface area contributed by atoms with Crippen LogP contribution in [0, 0.1) is 10.1 Å². The molecule has 0 fully saturated rings. The van der Waals surface area contributed by atoms with Gasteiger partial charge in [0.2, 0.25) is 0 Å². The molecule has 9 nitrogen and oxygen atoms in total. The SMILES string of the molecule is CCn1c2ccccc2c2cc(NC(=O)c3ccc(Sc4nncn4C)c([N+](=O)[O-])c3)ccc21. The fourth-order valence-corrected chi connectivity index (χ4v) is 4.88. The lowest BCUT2D eigenvalue weighted by molar-refractivity contribution is -0.387. The quantitative estimate of drug-likeness (QED) is 0.267. The lowest BCUT2D eigenvalue weighted by Crippen LogP contribution is -2.12. The van der Waals surface area contributed by atoms with E-state index in [9.17, 15) is 14.9 Å². The van der Waals surface area contributed by atoms with Gasteiger partial charge in [-0.3, -0.25) is 14.9 Å². The number of carbonyl (C=O) groups is 1. The number of aryl methyl sites for hydroxylation is 2. The lowest BCUT2D eigenvalue weighted by Gasteiger charge is -2.08. The van der Waals surface area contributed by atoms with Crippen LogP contribution >= 0.6 is 11.8 Å². The predicted molar refractivity (Wildman–Crippen MR) is 131 cm³/mol. The van der Waals surface area contributed by atoms with Crippen molar-refractivity contribution in [3.05, 3.63) is 82.7 Å². The van der Waals surface area contributed by atoms with Gasteiger partial charge in [0.05, 0.1) is 9.82 Å². The van der Waals surface area contributed by atoms with Crippen LogP contribution in [0.2, 0.25) is 0 Å². The Kier molecular flexibility index (Phi) is 5.50. The van der Waals surface area contributed by atoms with Gasteiger partial charge in [-0.05, 0) is 55.1 Å². The Morgan fingerprint density at radius 3 is 2.62 bits per heavy atom. The number of hydrogen-bond acceptors (Lipinski definition) is 6. The molecule has 1 amide bonds. The number of benzene rings is 3. The minimum atomic E-state index is -0.499. The van der Waals surface area contributed by atoms with E-state index in [2.05, 4.69) is 39.1 Å². The van der Waals surface area contributed by atoms with Gasteiger partial charge in [-0.15, -0.1) is 10.2 Å². The normalized spacial score (nSPS) is 11.2. The van der Waals surface area contributed by atoms with Crippen molar-refractivity contribution in [3.8, 4) is 0 Å². The highest BCUT2D eigenvalue weighted by molar-refractivity contribution is 7.99. The summed E-state index contributed by atoms with van der Waals surface area (Å²) in [6.45, 7) is 2.93. The molecule has 0 radical (unpaired) electrons. The Hall–Kier alpha value is -4.18. The van der Waals surface area contributed by atoms with Crippen molar-refractivity contribution in [1.82, 2.24) is 19.3 Å². The highest BCUT2D eigenvalue weighted by atomic mass is 32.2. The van der Waals surface area contributed by atoms with E-state index in [1.54, 1.807) is 23.7 Å². The maximum Gasteiger partial charge on any atom is 0.284 e. The van der Waals surface area contributed by atoms with Crippen molar-refractivity contribution in [2.45, 2.75) is 23.5 Å². The van der Waals surface area contributed by atoms with Gasteiger partial charge < -0.3 is 14.5 Å². The van der Waals surface area contributed by atoms with E-state index in [-0.39, 0.29) is 11.3 Å². The zero-order valence-corrected chi connectivity index (χ0v) is 19.2. The standard InChI is InChI=1S/C24H20N6O3S/c1-3-29-19-7-5-4-6-17(19)18-13-16(9-10-20(18)29)26-23(31)15-8-11-22(21(12-15)30(32)33)34-24-27-25-14-28(24)2/h4-14H,3H2,1-2H3,(H,26,31). The number of carbonyl (C=O) groups excluding carboxylic acids is 1. The molecule has 10 heteroatoms. The summed E-state index contributed by atoms with van der Waals surface area (Å²) in [4.78, 5) is 24.5. The molecule has 5 rings (SSSR count). The number of nitrogens with zero attached hydrogens (tertiary/aromatic N) is 5. The molecule has 0 bridgehead atoms. The second-order valence-electron chi connectivity index (χ2n) is 7.71. The molecular formula is C24H20N6O3S. The van der Waals surface area contributed by atoms with Crippen LogP contribution in [0.4, 0.5) is 11.4 Å². The molecule has 0 aliphatic carbocycles. The molecule has 0 aliphatic rings. The van der Waals surface area contributed by atoms with Crippen LogP contribution in [-0.2, 0) is 13.6 Å². The van der Waals surface area contributed by atoms with Crippen molar-refractivity contribution < 1.29 is 9.72 Å². The van der Waals surface area contributed by atoms with Crippen molar-refractivity contribution in [2.24, 2.45) is 7.05 Å². The van der Waals surface area contributed by atoms with Gasteiger partial charge in [0.15, 0.2) is 5.16 Å². The third-order valence-corrected chi connectivity index (χ3v) is 6.75. The first kappa shape index (κ1) is 21.7. The summed E-state index contributed by atoms with van der Waals surface area (Å²) in [6.07, 6.45) is 1.52. The third-order valence-electron chi connectivity index (χ3n) is 5.64. The Morgan fingerprint density at radius 2 is 1.88 bits per heavy atom. The molecule has 170 valence electrons. The largest absolute Gasteiger partial charge is 0.341 e. The van der Waals surface area contributed by atoms with Crippen molar-refractivity contribution in [1.29, 1.82) is 0 Å². The van der Waals surface area contributed by atoms with E-state index in [1.807, 2.05) is 30.3 Å². The van der Waals surface area contributed by atoms with Crippen molar-refractivity contribution >= 4 is 50.8 Å². The van der Waals surface area contributed by atoms with Gasteiger partial charge in [0.25, 0.3) is 11.6 Å². The lowest BCUT2D eigenvalue weighted by atomic mass is 10.1. The zero-order chi connectivity index (χ0) is 23.8. The molecule has 0 aliphatic heterocycles. The van der Waals surface area contributed by atoms with Crippen LogP contribution in [0.1, 0.15) is 17.3 Å². The number of rotatable bonds is 6. The number of amides is 1. The highest BCUT2D eigenvalue weighted by Gasteiger charge is 2.20. The predicted octanol–water partition coefficient (Wildman–Crippen LogP) is 5.25. The van der Waals surface area contributed by atoms with Crippen LogP contribution in [0.15, 0.2) is 77.0 Å². The first-order valence-electron chi connectivity index (χ1n) is 10.6. The van der Waals surface area contributed by atoms with Gasteiger partial charge in [-0.2, -0.15) is 0 Å². The van der Waals surface area contributed by atoms with E-state index >= 15 is 0 Å². The fraction of sp³-hybridized carbons (Fsp3) is 0.125. The molecule has 0 saturated heterocycles. The van der Waals surface area contributed by atoms with E-state index in [4.69, 9.17) is 0 Å². The molecule has 5 aromatic rings. The van der Waals surface area contributed by atoms with Crippen LogP contribution in [0.25, 0.3) is 21.8 Å². The summed E-state index contributed by atoms with van der Waals surface area (Å²) in [5.41, 5.74) is 2.88. The summed E-state index contributed by atoms with van der Waals surface area (Å²) < 4.78 is 3.90. The second-order valence-corrected chi connectivity index (χ2v) is 8.72. The van der Waals surface area contributed by atoms with Gasteiger partial charge in [0, 0.05) is 52.7 Å². The topological polar surface area (TPSA) is 108 Å². The average Bonchev–Trinajstić information content (AvgIpc) is 3.39. The maximum atomic E-state index is 13.0. The minimum Gasteiger partial charge on any atom is -0.341 e. The molecule has 2 aromatic heterocycles. The minimum absolute atomic E-state index is 0.165. The van der Waals surface area contributed by atoms with E-state index in [0.717, 1.165) is 40.1 Å². The number of nitro benzene ring substituents is 1. The molecule has 2 heterocycles. The summed E-state index contributed by atoms with van der Waals surface area (Å²) in [5.74, 6) is -0.420. The van der Waals surface area contributed by atoms with Gasteiger partial charge >= 0.3 is 0 Å². The Morgan fingerprint density at radius 1 is 1.09 bits per heavy atom. The Labute approximate surface area is 198 Å². The number of nitrogens with one attached hydrogen (secondary N) is 1. The Bertz CT molecular complexity index is 1570. The van der Waals surface area contributed by atoms with Crippen LogP contribution in [0.3, 0.4) is 0 Å².